The molecule has 2 aromatic carbocycles. The highest BCUT2D eigenvalue weighted by Gasteiger charge is 2.20. The van der Waals surface area contributed by atoms with E-state index in [-0.39, 0.29) is 5.41 Å². The van der Waals surface area contributed by atoms with Gasteiger partial charge in [-0.25, -0.2) is 0 Å². The van der Waals surface area contributed by atoms with Crippen molar-refractivity contribution >= 4 is 21.6 Å². The van der Waals surface area contributed by atoms with Gasteiger partial charge in [-0.05, 0) is 41.7 Å². The zero-order chi connectivity index (χ0) is 15.6. The summed E-state index contributed by atoms with van der Waals surface area (Å²) >= 11 is 3.41. The number of benzene rings is 2. The minimum absolute atomic E-state index is 0.0185. The zero-order valence-electron chi connectivity index (χ0n) is 13.0. The first kappa shape index (κ1) is 15.9. The van der Waals surface area contributed by atoms with E-state index < -0.39 is 0 Å². The van der Waals surface area contributed by atoms with Crippen LogP contribution in [0.15, 0.2) is 40.9 Å². The standard InChI is InChI=1S/C18H22BrNO/c1-5-12-6-8-16(14(10-12)18(2,3)4)21-17-9-7-13(19)11-15(17)20/h6-11H,5,20H2,1-4H3. The second-order valence-electron chi connectivity index (χ2n) is 6.22. The molecule has 0 radical (unpaired) electrons. The molecule has 3 heteroatoms. The highest BCUT2D eigenvalue weighted by atomic mass is 79.9. The average molecular weight is 348 g/mol. The maximum atomic E-state index is 6.08. The van der Waals surface area contributed by atoms with Gasteiger partial charge in [-0.2, -0.15) is 0 Å². The molecule has 0 atom stereocenters. The first-order valence-electron chi connectivity index (χ1n) is 7.17. The molecule has 0 aliphatic heterocycles. The van der Waals surface area contributed by atoms with Gasteiger partial charge in [0.05, 0.1) is 5.69 Å². The van der Waals surface area contributed by atoms with Crippen molar-refractivity contribution < 1.29 is 4.74 Å². The number of hydrogen-bond acceptors (Lipinski definition) is 2. The van der Waals surface area contributed by atoms with Crippen LogP contribution in [-0.4, -0.2) is 0 Å². The van der Waals surface area contributed by atoms with E-state index in [2.05, 4.69) is 55.8 Å². The van der Waals surface area contributed by atoms with Crippen LogP contribution >= 0.6 is 15.9 Å². The summed E-state index contributed by atoms with van der Waals surface area (Å²) < 4.78 is 7.02. The molecule has 0 fully saturated rings. The highest BCUT2D eigenvalue weighted by Crippen LogP contribution is 2.37. The van der Waals surface area contributed by atoms with Gasteiger partial charge in [0.15, 0.2) is 0 Å². The Morgan fingerprint density at radius 2 is 1.71 bits per heavy atom. The number of nitrogens with two attached hydrogens (primary N) is 1. The molecule has 0 bridgehead atoms. The molecular weight excluding hydrogens is 326 g/mol. The number of halogens is 1. The molecule has 2 rings (SSSR count). The van der Waals surface area contributed by atoms with Gasteiger partial charge >= 0.3 is 0 Å². The molecule has 0 aromatic heterocycles. The lowest BCUT2D eigenvalue weighted by Gasteiger charge is -2.24. The summed E-state index contributed by atoms with van der Waals surface area (Å²) in [6, 6.07) is 12.1. The molecule has 0 unspecified atom stereocenters. The lowest BCUT2D eigenvalue weighted by molar-refractivity contribution is 0.456. The fourth-order valence-electron chi connectivity index (χ4n) is 2.20. The van der Waals surface area contributed by atoms with Crippen molar-refractivity contribution in [3.8, 4) is 11.5 Å². The maximum Gasteiger partial charge on any atom is 0.150 e. The van der Waals surface area contributed by atoms with Crippen molar-refractivity contribution in [3.63, 3.8) is 0 Å². The molecule has 21 heavy (non-hydrogen) atoms. The molecule has 0 aliphatic rings. The Bertz CT molecular complexity index is 644. The first-order chi connectivity index (χ1) is 9.81. The number of ether oxygens (including phenoxy) is 1. The topological polar surface area (TPSA) is 35.2 Å². The number of hydrogen-bond donors (Lipinski definition) is 1. The predicted molar refractivity (Wildman–Crippen MR) is 93.1 cm³/mol. The van der Waals surface area contributed by atoms with E-state index >= 15 is 0 Å². The highest BCUT2D eigenvalue weighted by molar-refractivity contribution is 9.10. The minimum atomic E-state index is 0.0185. The van der Waals surface area contributed by atoms with Gasteiger partial charge in [0.2, 0.25) is 0 Å². The Labute approximate surface area is 135 Å². The lowest BCUT2D eigenvalue weighted by Crippen LogP contribution is -2.13. The molecule has 0 amide bonds. The van der Waals surface area contributed by atoms with Crippen LogP contribution in [0.1, 0.15) is 38.8 Å². The van der Waals surface area contributed by atoms with Crippen LogP contribution in [0.4, 0.5) is 5.69 Å². The molecule has 0 saturated carbocycles. The van der Waals surface area contributed by atoms with Gasteiger partial charge in [-0.3, -0.25) is 0 Å². The van der Waals surface area contributed by atoms with Crippen molar-refractivity contribution in [1.29, 1.82) is 0 Å². The van der Waals surface area contributed by atoms with Crippen LogP contribution in [-0.2, 0) is 11.8 Å². The minimum Gasteiger partial charge on any atom is -0.455 e. The summed E-state index contributed by atoms with van der Waals surface area (Å²) in [5.41, 5.74) is 9.19. The van der Waals surface area contributed by atoms with E-state index in [1.54, 1.807) is 0 Å². The molecule has 2 N–H and O–H groups in total. The summed E-state index contributed by atoms with van der Waals surface area (Å²) in [7, 11) is 0. The van der Waals surface area contributed by atoms with Gasteiger partial charge in [0, 0.05) is 10.0 Å². The third-order valence-electron chi connectivity index (χ3n) is 3.45. The molecule has 112 valence electrons. The van der Waals surface area contributed by atoms with Crippen LogP contribution < -0.4 is 10.5 Å². The van der Waals surface area contributed by atoms with Gasteiger partial charge in [0.25, 0.3) is 0 Å². The van der Waals surface area contributed by atoms with E-state index in [0.717, 1.165) is 16.6 Å². The molecule has 2 aromatic rings. The average Bonchev–Trinajstić information content (AvgIpc) is 2.41. The maximum absolute atomic E-state index is 6.08. The summed E-state index contributed by atoms with van der Waals surface area (Å²) in [4.78, 5) is 0. The SMILES string of the molecule is CCc1ccc(Oc2ccc(Br)cc2N)c(C(C)(C)C)c1. The molecule has 0 saturated heterocycles. The van der Waals surface area contributed by atoms with E-state index in [1.165, 1.54) is 11.1 Å². The Hall–Kier alpha value is -1.48. The Morgan fingerprint density at radius 3 is 2.29 bits per heavy atom. The number of rotatable bonds is 3. The van der Waals surface area contributed by atoms with Crippen molar-refractivity contribution in [1.82, 2.24) is 0 Å². The quantitative estimate of drug-likeness (QED) is 0.724. The fourth-order valence-corrected chi connectivity index (χ4v) is 2.58. The Morgan fingerprint density at radius 1 is 1.05 bits per heavy atom. The summed E-state index contributed by atoms with van der Waals surface area (Å²) in [6.07, 6.45) is 1.02. The largest absolute Gasteiger partial charge is 0.455 e. The van der Waals surface area contributed by atoms with E-state index in [9.17, 15) is 0 Å². The van der Waals surface area contributed by atoms with Crippen LogP contribution in [0, 0.1) is 0 Å². The Balaban J connectivity index is 2.44. The van der Waals surface area contributed by atoms with Crippen molar-refractivity contribution in [2.45, 2.75) is 39.5 Å². The molecule has 0 spiro atoms. The number of aryl methyl sites for hydroxylation is 1. The smallest absolute Gasteiger partial charge is 0.150 e. The lowest BCUT2D eigenvalue weighted by atomic mass is 9.85. The van der Waals surface area contributed by atoms with E-state index in [1.807, 2.05) is 24.3 Å². The third-order valence-corrected chi connectivity index (χ3v) is 3.95. The zero-order valence-corrected chi connectivity index (χ0v) is 14.6. The normalized spacial score (nSPS) is 11.5. The Kier molecular flexibility index (Phi) is 4.62. The molecule has 0 heterocycles. The van der Waals surface area contributed by atoms with Crippen molar-refractivity contribution in [3.05, 3.63) is 52.0 Å². The second-order valence-corrected chi connectivity index (χ2v) is 7.13. The van der Waals surface area contributed by atoms with Crippen LogP contribution in [0.3, 0.4) is 0 Å². The summed E-state index contributed by atoms with van der Waals surface area (Å²) in [5, 5.41) is 0. The molecule has 0 aliphatic carbocycles. The first-order valence-corrected chi connectivity index (χ1v) is 7.97. The van der Waals surface area contributed by atoms with Gasteiger partial charge in [-0.15, -0.1) is 0 Å². The van der Waals surface area contributed by atoms with Gasteiger partial charge in [-0.1, -0.05) is 55.8 Å². The van der Waals surface area contributed by atoms with Gasteiger partial charge < -0.3 is 10.5 Å². The second kappa shape index (κ2) is 6.10. The molecular formula is C18H22BrNO. The predicted octanol–water partition coefficient (Wildman–Crippen LogP) is 5.68. The van der Waals surface area contributed by atoms with Crippen molar-refractivity contribution in [2.24, 2.45) is 0 Å². The van der Waals surface area contributed by atoms with Crippen LogP contribution in [0.25, 0.3) is 0 Å². The summed E-state index contributed by atoms with van der Waals surface area (Å²) in [5.74, 6) is 1.56. The van der Waals surface area contributed by atoms with E-state index in [0.29, 0.717) is 11.4 Å². The van der Waals surface area contributed by atoms with Crippen LogP contribution in [0.5, 0.6) is 11.5 Å². The van der Waals surface area contributed by atoms with Gasteiger partial charge in [0.1, 0.15) is 11.5 Å². The fraction of sp³-hybridized carbons (Fsp3) is 0.333. The van der Waals surface area contributed by atoms with E-state index in [4.69, 9.17) is 10.5 Å². The molecule has 2 nitrogen and oxygen atoms in total. The van der Waals surface area contributed by atoms with Crippen molar-refractivity contribution in [2.75, 3.05) is 5.73 Å². The summed E-state index contributed by atoms with van der Waals surface area (Å²) in [6.45, 7) is 8.74. The number of anilines is 1. The number of nitrogen functional groups attached to an aromatic ring is 1. The third kappa shape index (κ3) is 3.79. The van der Waals surface area contributed by atoms with Crippen LogP contribution in [0.2, 0.25) is 0 Å². The monoisotopic (exact) mass is 347 g/mol.